The number of carbonyl (C=O) groups excluding carboxylic acids is 1. The average Bonchev–Trinajstić information content (AvgIpc) is 2.96. The second-order valence-corrected chi connectivity index (χ2v) is 5.59. The maximum absolute atomic E-state index is 12.4. The normalized spacial score (nSPS) is 10.5. The van der Waals surface area contributed by atoms with Crippen LogP contribution in [-0.4, -0.2) is 15.3 Å². The average molecular weight is 341 g/mol. The summed E-state index contributed by atoms with van der Waals surface area (Å²) in [4.78, 5) is 16.7. The van der Waals surface area contributed by atoms with Gasteiger partial charge in [0.1, 0.15) is 5.82 Å². The summed E-state index contributed by atoms with van der Waals surface area (Å²) in [6.07, 6.45) is 3.55. The number of hydrogen-bond donors (Lipinski definition) is 0. The van der Waals surface area contributed by atoms with E-state index in [1.54, 1.807) is 6.20 Å². The quantitative estimate of drug-likeness (QED) is 0.667. The van der Waals surface area contributed by atoms with Crippen molar-refractivity contribution in [1.29, 1.82) is 0 Å². The zero-order valence-electron chi connectivity index (χ0n) is 11.2. The summed E-state index contributed by atoms with van der Waals surface area (Å²) in [5, 5.41) is 0. The minimum atomic E-state index is 0.0616. The Kier molecular flexibility index (Phi) is 3.97. The van der Waals surface area contributed by atoms with Gasteiger partial charge in [0.2, 0.25) is 0 Å². The van der Waals surface area contributed by atoms with Crippen molar-refractivity contribution in [3.8, 4) is 11.4 Å². The maximum atomic E-state index is 12.4. The Morgan fingerprint density at radius 1 is 1.10 bits per heavy atom. The zero-order valence-corrected chi connectivity index (χ0v) is 12.8. The van der Waals surface area contributed by atoms with Gasteiger partial charge in [-0.05, 0) is 12.1 Å². The first-order valence-corrected chi connectivity index (χ1v) is 7.38. The highest BCUT2D eigenvalue weighted by atomic mass is 79.9. The highest BCUT2D eigenvalue weighted by Crippen LogP contribution is 2.18. The van der Waals surface area contributed by atoms with Crippen LogP contribution in [0.5, 0.6) is 0 Å². The van der Waals surface area contributed by atoms with Gasteiger partial charge in [-0.15, -0.1) is 0 Å². The monoisotopic (exact) mass is 340 g/mol. The number of carbonyl (C=O) groups is 1. The van der Waals surface area contributed by atoms with E-state index in [-0.39, 0.29) is 12.3 Å². The maximum Gasteiger partial charge on any atom is 0.182 e. The molecule has 2 aromatic carbocycles. The topological polar surface area (TPSA) is 34.9 Å². The van der Waals surface area contributed by atoms with Crippen molar-refractivity contribution in [3.05, 3.63) is 77.0 Å². The number of hydrogen-bond acceptors (Lipinski definition) is 2. The Bertz CT molecular complexity index is 765. The van der Waals surface area contributed by atoms with Crippen LogP contribution in [-0.2, 0) is 6.54 Å². The molecule has 0 aliphatic rings. The fraction of sp³-hybridized carbons (Fsp3) is 0.0588. The fourth-order valence-electron chi connectivity index (χ4n) is 2.19. The number of halogens is 1. The third-order valence-electron chi connectivity index (χ3n) is 3.21. The number of imidazole rings is 1. The first kappa shape index (κ1) is 13.8. The summed E-state index contributed by atoms with van der Waals surface area (Å²) in [6.45, 7) is 0.278. The molecule has 1 aromatic heterocycles. The number of benzene rings is 2. The number of ketones is 1. The van der Waals surface area contributed by atoms with Gasteiger partial charge in [-0.3, -0.25) is 4.79 Å². The molecule has 0 radical (unpaired) electrons. The molecule has 4 heteroatoms. The van der Waals surface area contributed by atoms with Crippen LogP contribution in [0.15, 0.2) is 71.5 Å². The number of aromatic nitrogens is 2. The molecule has 3 aromatic rings. The molecular formula is C17H13BrN2O. The van der Waals surface area contributed by atoms with E-state index in [1.165, 1.54) is 0 Å². The fourth-order valence-corrected chi connectivity index (χ4v) is 2.59. The van der Waals surface area contributed by atoms with Crippen LogP contribution >= 0.6 is 15.9 Å². The first-order chi connectivity index (χ1) is 10.2. The van der Waals surface area contributed by atoms with E-state index in [0.717, 1.165) is 15.9 Å². The van der Waals surface area contributed by atoms with Gasteiger partial charge in [0.15, 0.2) is 5.78 Å². The third kappa shape index (κ3) is 3.11. The minimum Gasteiger partial charge on any atom is -0.323 e. The summed E-state index contributed by atoms with van der Waals surface area (Å²) in [6, 6.07) is 17.3. The van der Waals surface area contributed by atoms with E-state index in [9.17, 15) is 4.79 Å². The molecule has 0 saturated carbocycles. The molecule has 104 valence electrons. The largest absolute Gasteiger partial charge is 0.323 e. The van der Waals surface area contributed by atoms with Crippen LogP contribution in [0.3, 0.4) is 0 Å². The van der Waals surface area contributed by atoms with Crippen LogP contribution in [0.25, 0.3) is 11.4 Å². The van der Waals surface area contributed by atoms with Crippen LogP contribution < -0.4 is 0 Å². The molecule has 1 heterocycles. The van der Waals surface area contributed by atoms with Crippen LogP contribution in [0.4, 0.5) is 0 Å². The Hall–Kier alpha value is -2.20. The lowest BCUT2D eigenvalue weighted by Gasteiger charge is -2.07. The summed E-state index contributed by atoms with van der Waals surface area (Å²) in [7, 11) is 0. The van der Waals surface area contributed by atoms with Crippen molar-refractivity contribution < 1.29 is 4.79 Å². The lowest BCUT2D eigenvalue weighted by molar-refractivity contribution is 0.0972. The summed E-state index contributed by atoms with van der Waals surface area (Å²) in [5.74, 6) is 0.866. The molecule has 0 N–H and O–H groups in total. The Morgan fingerprint density at radius 3 is 2.67 bits per heavy atom. The predicted molar refractivity (Wildman–Crippen MR) is 86.1 cm³/mol. The number of nitrogens with zero attached hydrogens (tertiary/aromatic N) is 2. The van der Waals surface area contributed by atoms with E-state index in [2.05, 4.69) is 20.9 Å². The predicted octanol–water partition coefficient (Wildman–Crippen LogP) is 4.20. The van der Waals surface area contributed by atoms with Gasteiger partial charge in [-0.1, -0.05) is 58.4 Å². The van der Waals surface area contributed by atoms with Crippen LogP contribution in [0.1, 0.15) is 10.4 Å². The second-order valence-electron chi connectivity index (χ2n) is 4.68. The molecule has 0 aliphatic carbocycles. The van der Waals surface area contributed by atoms with E-state index < -0.39 is 0 Å². The lowest BCUT2D eigenvalue weighted by Crippen LogP contribution is -2.10. The van der Waals surface area contributed by atoms with Crippen molar-refractivity contribution in [2.45, 2.75) is 6.54 Å². The summed E-state index contributed by atoms with van der Waals surface area (Å²) < 4.78 is 2.78. The van der Waals surface area contributed by atoms with Gasteiger partial charge in [0.25, 0.3) is 0 Å². The molecule has 0 atom stereocenters. The molecule has 3 nitrogen and oxygen atoms in total. The Morgan fingerprint density at radius 2 is 1.90 bits per heavy atom. The first-order valence-electron chi connectivity index (χ1n) is 6.59. The van der Waals surface area contributed by atoms with Gasteiger partial charge in [-0.2, -0.15) is 0 Å². The van der Waals surface area contributed by atoms with Gasteiger partial charge in [0, 0.05) is 28.0 Å². The molecule has 0 saturated heterocycles. The van der Waals surface area contributed by atoms with Crippen molar-refractivity contribution in [3.63, 3.8) is 0 Å². The zero-order chi connectivity index (χ0) is 14.7. The van der Waals surface area contributed by atoms with E-state index in [1.807, 2.05) is 65.4 Å². The summed E-state index contributed by atoms with van der Waals surface area (Å²) in [5.41, 5.74) is 1.70. The Balaban J connectivity index is 1.87. The van der Waals surface area contributed by atoms with Crippen molar-refractivity contribution in [2.24, 2.45) is 0 Å². The molecule has 21 heavy (non-hydrogen) atoms. The minimum absolute atomic E-state index is 0.0616. The molecule has 0 amide bonds. The molecular weight excluding hydrogens is 328 g/mol. The van der Waals surface area contributed by atoms with Gasteiger partial charge < -0.3 is 4.57 Å². The summed E-state index contributed by atoms with van der Waals surface area (Å²) >= 11 is 3.39. The van der Waals surface area contributed by atoms with Gasteiger partial charge >= 0.3 is 0 Å². The molecule has 3 rings (SSSR count). The van der Waals surface area contributed by atoms with Crippen LogP contribution in [0, 0.1) is 0 Å². The van der Waals surface area contributed by atoms with E-state index in [0.29, 0.717) is 5.56 Å². The van der Waals surface area contributed by atoms with Gasteiger partial charge in [-0.25, -0.2) is 4.98 Å². The van der Waals surface area contributed by atoms with E-state index >= 15 is 0 Å². The highest BCUT2D eigenvalue weighted by molar-refractivity contribution is 9.10. The molecule has 0 unspecified atom stereocenters. The van der Waals surface area contributed by atoms with Crippen LogP contribution in [0.2, 0.25) is 0 Å². The Labute approximate surface area is 131 Å². The van der Waals surface area contributed by atoms with Crippen molar-refractivity contribution >= 4 is 21.7 Å². The molecule has 0 aliphatic heterocycles. The standard InChI is InChI=1S/C17H13BrN2O/c18-15-8-4-7-14(11-15)16(21)12-20-10-9-19-17(20)13-5-2-1-3-6-13/h1-11H,12H2. The molecule has 0 bridgehead atoms. The molecule has 0 fully saturated rings. The van der Waals surface area contributed by atoms with Crippen molar-refractivity contribution in [1.82, 2.24) is 9.55 Å². The number of Topliss-reactive ketones (excluding diaryl/α,β-unsaturated/α-hetero) is 1. The SMILES string of the molecule is O=C(Cn1ccnc1-c1ccccc1)c1cccc(Br)c1. The number of rotatable bonds is 4. The van der Waals surface area contributed by atoms with E-state index in [4.69, 9.17) is 0 Å². The third-order valence-corrected chi connectivity index (χ3v) is 3.70. The lowest BCUT2D eigenvalue weighted by atomic mass is 10.1. The molecule has 0 spiro atoms. The van der Waals surface area contributed by atoms with Crippen molar-refractivity contribution in [2.75, 3.05) is 0 Å². The highest BCUT2D eigenvalue weighted by Gasteiger charge is 2.11. The second kappa shape index (κ2) is 6.06. The smallest absolute Gasteiger partial charge is 0.182 e. The van der Waals surface area contributed by atoms with Gasteiger partial charge in [0.05, 0.1) is 6.54 Å².